The van der Waals surface area contributed by atoms with Crippen molar-refractivity contribution < 1.29 is 0 Å². The molecule has 2 atom stereocenters. The van der Waals surface area contributed by atoms with Crippen LogP contribution < -0.4 is 5.32 Å². The van der Waals surface area contributed by atoms with Gasteiger partial charge in [0.1, 0.15) is 0 Å². The van der Waals surface area contributed by atoms with Crippen LogP contribution in [0.3, 0.4) is 0 Å². The predicted octanol–water partition coefficient (Wildman–Crippen LogP) is 3.70. The van der Waals surface area contributed by atoms with Gasteiger partial charge in [-0.1, -0.05) is 26.7 Å². The third-order valence-electron chi connectivity index (χ3n) is 4.05. The lowest BCUT2D eigenvalue weighted by atomic mass is 10.1. The summed E-state index contributed by atoms with van der Waals surface area (Å²) in [4.78, 5) is 2.40. The zero-order valence-corrected chi connectivity index (χ0v) is 12.6. The Morgan fingerprint density at radius 1 is 1.18 bits per heavy atom. The Kier molecular flexibility index (Phi) is 6.24. The molecule has 3 heteroatoms. The number of hydrogen-bond acceptors (Lipinski definition) is 1. The van der Waals surface area contributed by atoms with Gasteiger partial charge in [0.25, 0.3) is 0 Å². The molecule has 2 nitrogen and oxygen atoms in total. The van der Waals surface area contributed by atoms with E-state index in [0.717, 1.165) is 18.0 Å². The number of rotatable bonds is 5. The molecular weight excluding hydrogens is 228 g/mol. The van der Waals surface area contributed by atoms with Crippen LogP contribution in [0, 0.1) is 0 Å². The summed E-state index contributed by atoms with van der Waals surface area (Å²) in [5, 5.41) is 4.54. The Balaban J connectivity index is 2.58. The normalized spacial score (nSPS) is 20.0. The first-order chi connectivity index (χ1) is 8.10. The Labute approximate surface area is 112 Å². The third-order valence-corrected chi connectivity index (χ3v) is 4.38. The summed E-state index contributed by atoms with van der Waals surface area (Å²) < 4.78 is 0. The molecule has 1 aliphatic rings. The summed E-state index contributed by atoms with van der Waals surface area (Å²) in [5.74, 6) is 0. The molecule has 1 fully saturated rings. The summed E-state index contributed by atoms with van der Waals surface area (Å²) in [6.45, 7) is 9.01. The first-order valence-corrected chi connectivity index (χ1v) is 7.59. The van der Waals surface area contributed by atoms with Gasteiger partial charge in [-0.05, 0) is 51.7 Å². The molecule has 0 saturated heterocycles. The van der Waals surface area contributed by atoms with Crippen LogP contribution in [0.25, 0.3) is 0 Å². The molecule has 0 aromatic carbocycles. The monoisotopic (exact) mass is 256 g/mol. The van der Waals surface area contributed by atoms with Crippen molar-refractivity contribution in [3.05, 3.63) is 0 Å². The van der Waals surface area contributed by atoms with Crippen LogP contribution in [-0.4, -0.2) is 28.1 Å². The minimum Gasteiger partial charge on any atom is -0.360 e. The Morgan fingerprint density at radius 2 is 1.65 bits per heavy atom. The summed E-state index contributed by atoms with van der Waals surface area (Å²) in [7, 11) is 0. The van der Waals surface area contributed by atoms with Gasteiger partial charge in [0, 0.05) is 18.1 Å². The highest BCUT2D eigenvalue weighted by Gasteiger charge is 2.23. The lowest BCUT2D eigenvalue weighted by molar-refractivity contribution is 0.245. The van der Waals surface area contributed by atoms with E-state index in [1.807, 2.05) is 0 Å². The number of hydrogen-bond donors (Lipinski definition) is 1. The van der Waals surface area contributed by atoms with Crippen LogP contribution >= 0.6 is 12.2 Å². The van der Waals surface area contributed by atoms with E-state index in [4.69, 9.17) is 12.2 Å². The highest BCUT2D eigenvalue weighted by Crippen LogP contribution is 2.19. The number of nitrogens with one attached hydrogen (secondary N) is 1. The zero-order valence-electron chi connectivity index (χ0n) is 11.8. The van der Waals surface area contributed by atoms with E-state index in [9.17, 15) is 0 Å². The van der Waals surface area contributed by atoms with Crippen molar-refractivity contribution >= 4 is 17.3 Å². The van der Waals surface area contributed by atoms with Gasteiger partial charge in [0.15, 0.2) is 5.11 Å². The van der Waals surface area contributed by atoms with E-state index in [-0.39, 0.29) is 0 Å². The first kappa shape index (κ1) is 14.7. The smallest absolute Gasteiger partial charge is 0.169 e. The molecule has 0 aliphatic heterocycles. The van der Waals surface area contributed by atoms with Crippen LogP contribution in [0.2, 0.25) is 0 Å². The molecule has 0 bridgehead atoms. The van der Waals surface area contributed by atoms with Crippen molar-refractivity contribution in [3.63, 3.8) is 0 Å². The summed E-state index contributed by atoms with van der Waals surface area (Å²) in [6.07, 6.45) is 7.58. The van der Waals surface area contributed by atoms with Crippen molar-refractivity contribution in [2.75, 3.05) is 0 Å². The second-order valence-corrected chi connectivity index (χ2v) is 5.74. The van der Waals surface area contributed by atoms with Crippen molar-refractivity contribution in [3.8, 4) is 0 Å². The fourth-order valence-electron chi connectivity index (χ4n) is 2.55. The summed E-state index contributed by atoms with van der Waals surface area (Å²) in [6, 6.07) is 1.69. The summed E-state index contributed by atoms with van der Waals surface area (Å²) in [5.41, 5.74) is 0. The minimum absolute atomic E-state index is 0.534. The highest BCUT2D eigenvalue weighted by atomic mass is 32.1. The number of nitrogens with zero attached hydrogens (tertiary/aromatic N) is 1. The maximum absolute atomic E-state index is 5.61. The SMILES string of the molecule is CCC(C)N(C(=S)NC1CCCC1)C(C)CC. The van der Waals surface area contributed by atoms with Gasteiger partial charge in [-0.3, -0.25) is 0 Å². The maximum atomic E-state index is 5.61. The highest BCUT2D eigenvalue weighted by molar-refractivity contribution is 7.80. The van der Waals surface area contributed by atoms with Crippen LogP contribution in [0.5, 0.6) is 0 Å². The molecule has 100 valence electrons. The molecular formula is C14H28N2S. The molecule has 1 aliphatic carbocycles. The van der Waals surface area contributed by atoms with Crippen LogP contribution in [-0.2, 0) is 0 Å². The molecule has 2 unspecified atom stereocenters. The van der Waals surface area contributed by atoms with E-state index in [1.54, 1.807) is 0 Å². The standard InChI is InChI=1S/C14H28N2S/c1-5-11(3)16(12(4)6-2)14(17)15-13-9-7-8-10-13/h11-13H,5-10H2,1-4H3,(H,15,17). The zero-order chi connectivity index (χ0) is 12.8. The van der Waals surface area contributed by atoms with E-state index < -0.39 is 0 Å². The van der Waals surface area contributed by atoms with Gasteiger partial charge in [0.05, 0.1) is 0 Å². The second kappa shape index (κ2) is 7.20. The topological polar surface area (TPSA) is 15.3 Å². The van der Waals surface area contributed by atoms with Gasteiger partial charge in [-0.15, -0.1) is 0 Å². The fourth-order valence-corrected chi connectivity index (χ4v) is 3.07. The van der Waals surface area contributed by atoms with Crippen LogP contribution in [0.15, 0.2) is 0 Å². The minimum atomic E-state index is 0.534. The van der Waals surface area contributed by atoms with Crippen LogP contribution in [0.1, 0.15) is 66.2 Å². The van der Waals surface area contributed by atoms with Crippen molar-refractivity contribution in [1.82, 2.24) is 10.2 Å². The van der Waals surface area contributed by atoms with Crippen molar-refractivity contribution in [1.29, 1.82) is 0 Å². The molecule has 17 heavy (non-hydrogen) atoms. The summed E-state index contributed by atoms with van der Waals surface area (Å²) >= 11 is 5.61. The molecule has 0 radical (unpaired) electrons. The van der Waals surface area contributed by atoms with Gasteiger partial charge in [-0.2, -0.15) is 0 Å². The van der Waals surface area contributed by atoms with E-state index >= 15 is 0 Å². The maximum Gasteiger partial charge on any atom is 0.169 e. The van der Waals surface area contributed by atoms with Gasteiger partial charge in [0.2, 0.25) is 0 Å². The van der Waals surface area contributed by atoms with Crippen molar-refractivity contribution in [2.45, 2.75) is 84.3 Å². The van der Waals surface area contributed by atoms with E-state index in [2.05, 4.69) is 37.9 Å². The van der Waals surface area contributed by atoms with Gasteiger partial charge < -0.3 is 10.2 Å². The predicted molar refractivity (Wildman–Crippen MR) is 79.3 cm³/mol. The molecule has 0 aromatic heterocycles. The fraction of sp³-hybridized carbons (Fsp3) is 0.929. The lowest BCUT2D eigenvalue weighted by Crippen LogP contribution is -2.51. The largest absolute Gasteiger partial charge is 0.360 e. The average Bonchev–Trinajstić information content (AvgIpc) is 2.81. The molecule has 0 aromatic rings. The van der Waals surface area contributed by atoms with Crippen LogP contribution in [0.4, 0.5) is 0 Å². The molecule has 1 saturated carbocycles. The van der Waals surface area contributed by atoms with E-state index in [0.29, 0.717) is 18.1 Å². The van der Waals surface area contributed by atoms with E-state index in [1.165, 1.54) is 25.7 Å². The van der Waals surface area contributed by atoms with Gasteiger partial charge in [-0.25, -0.2) is 0 Å². The molecule has 0 heterocycles. The van der Waals surface area contributed by atoms with Crippen molar-refractivity contribution in [2.24, 2.45) is 0 Å². The third kappa shape index (κ3) is 4.13. The Morgan fingerprint density at radius 3 is 2.06 bits per heavy atom. The molecule has 1 N–H and O–H groups in total. The molecule has 1 rings (SSSR count). The van der Waals surface area contributed by atoms with Gasteiger partial charge >= 0.3 is 0 Å². The first-order valence-electron chi connectivity index (χ1n) is 7.18. The number of thiocarbonyl (C=S) groups is 1. The average molecular weight is 256 g/mol. The quantitative estimate of drug-likeness (QED) is 0.755. The Hall–Kier alpha value is -0.310. The lowest BCUT2D eigenvalue weighted by Gasteiger charge is -2.37. The second-order valence-electron chi connectivity index (χ2n) is 5.35. The molecule has 0 spiro atoms. The molecule has 0 amide bonds. The Bertz CT molecular complexity index is 226.